The van der Waals surface area contributed by atoms with Crippen LogP contribution >= 0.6 is 0 Å². The molecule has 4 aromatic rings. The molecule has 0 amide bonds. The molecule has 0 aliphatic heterocycles. The first-order chi connectivity index (χ1) is 11.8. The van der Waals surface area contributed by atoms with Crippen LogP contribution in [-0.4, -0.2) is 19.2 Å². The van der Waals surface area contributed by atoms with Crippen molar-refractivity contribution in [1.82, 2.24) is 19.2 Å². The van der Waals surface area contributed by atoms with Gasteiger partial charge in [-0.15, -0.1) is 0 Å². The van der Waals surface area contributed by atoms with E-state index < -0.39 is 0 Å². The van der Waals surface area contributed by atoms with E-state index in [2.05, 4.69) is 20.2 Å². The number of fused-ring (bicyclic) bond motifs is 2. The maximum atomic E-state index is 8.14. The maximum absolute atomic E-state index is 8.14. The van der Waals surface area contributed by atoms with Crippen LogP contribution in [0.1, 0.15) is 11.1 Å². The largest absolute Gasteiger partial charge is 0.326 e. The van der Waals surface area contributed by atoms with Crippen molar-refractivity contribution >= 4 is 11.0 Å². The SMILES string of the molecule is NCc1ccn2nccc2c1.[N-]=[N+]=NCc1ccn2nccc2c1.[Y].[Y]. The first kappa shape index (κ1) is 22.9. The summed E-state index contributed by atoms with van der Waals surface area (Å²) in [6.45, 7) is 0.972. The first-order valence-corrected chi connectivity index (χ1v) is 7.35. The average Bonchev–Trinajstić information content (AvgIpc) is 3.28. The molecule has 4 aromatic heterocycles. The van der Waals surface area contributed by atoms with Gasteiger partial charge in [0.25, 0.3) is 0 Å². The maximum Gasteiger partial charge on any atom is 0.0664 e. The Labute approximate surface area is 200 Å². The third-order valence-electron chi connectivity index (χ3n) is 3.48. The monoisotopic (exact) mass is 498 g/mol. The number of nitrogens with two attached hydrogens (primary N) is 1. The zero-order valence-electron chi connectivity index (χ0n) is 14.1. The minimum absolute atomic E-state index is 0. The molecule has 126 valence electrons. The molecule has 4 rings (SSSR count). The van der Waals surface area contributed by atoms with Crippen LogP contribution in [-0.2, 0) is 78.5 Å². The smallest absolute Gasteiger partial charge is 0.0664 e. The summed E-state index contributed by atoms with van der Waals surface area (Å²) < 4.78 is 3.58. The molecule has 0 aliphatic carbocycles. The Balaban J connectivity index is 0.000000244. The van der Waals surface area contributed by atoms with Crippen molar-refractivity contribution in [2.45, 2.75) is 13.1 Å². The molecule has 0 fully saturated rings. The Morgan fingerprint density at radius 1 is 0.923 bits per heavy atom. The summed E-state index contributed by atoms with van der Waals surface area (Å²) in [4.78, 5) is 2.70. The molecule has 0 bridgehead atoms. The van der Waals surface area contributed by atoms with Gasteiger partial charge in [0, 0.05) is 102 Å². The number of hydrogen-bond donors (Lipinski definition) is 1. The van der Waals surface area contributed by atoms with Gasteiger partial charge in [0.05, 0.1) is 17.6 Å². The van der Waals surface area contributed by atoms with Crippen LogP contribution in [0.4, 0.5) is 0 Å². The third kappa shape index (κ3) is 5.95. The first-order valence-electron chi connectivity index (χ1n) is 7.35. The van der Waals surface area contributed by atoms with Crippen LogP contribution in [0.3, 0.4) is 0 Å². The molecule has 10 heteroatoms. The Kier molecular flexibility index (Phi) is 10.2. The van der Waals surface area contributed by atoms with Crippen LogP contribution in [0.15, 0.2) is 66.3 Å². The number of azide groups is 1. The number of rotatable bonds is 3. The molecule has 26 heavy (non-hydrogen) atoms. The van der Waals surface area contributed by atoms with Gasteiger partial charge in [-0.1, -0.05) is 5.11 Å². The molecular formula is C16H16N8Y2. The second-order valence-electron chi connectivity index (χ2n) is 5.06. The predicted octanol–water partition coefficient (Wildman–Crippen LogP) is 2.93. The van der Waals surface area contributed by atoms with E-state index in [1.54, 1.807) is 16.9 Å². The van der Waals surface area contributed by atoms with Crippen LogP contribution < -0.4 is 5.73 Å². The number of aromatic nitrogens is 4. The number of hydrogen-bond acceptors (Lipinski definition) is 4. The summed E-state index contributed by atoms with van der Waals surface area (Å²) in [7, 11) is 0. The van der Waals surface area contributed by atoms with Gasteiger partial charge in [-0.2, -0.15) is 10.2 Å². The summed E-state index contributed by atoms with van der Waals surface area (Å²) in [5.74, 6) is 0. The summed E-state index contributed by atoms with van der Waals surface area (Å²) in [6.07, 6.45) is 7.26. The van der Waals surface area contributed by atoms with E-state index in [4.69, 9.17) is 11.3 Å². The van der Waals surface area contributed by atoms with E-state index in [0.29, 0.717) is 13.1 Å². The molecule has 4 heterocycles. The van der Waals surface area contributed by atoms with Gasteiger partial charge < -0.3 is 5.73 Å². The topological polar surface area (TPSA) is 109 Å². The van der Waals surface area contributed by atoms with Crippen molar-refractivity contribution in [3.63, 3.8) is 0 Å². The molecule has 0 saturated carbocycles. The molecule has 0 atom stereocenters. The molecule has 2 N–H and O–H groups in total. The zero-order chi connectivity index (χ0) is 16.8. The Hall–Kier alpha value is -1.14. The standard InChI is InChI=1S/C8H7N5.C8H9N3.2Y/c9-12-10-6-7-2-4-13-8(5-7)1-3-11-13;9-6-7-2-4-11-8(5-7)1-3-10-11;;/h1-5H,6H2;1-5H,6,9H2;;. The van der Waals surface area contributed by atoms with Gasteiger partial charge >= 0.3 is 0 Å². The van der Waals surface area contributed by atoms with Gasteiger partial charge in [0.15, 0.2) is 0 Å². The van der Waals surface area contributed by atoms with Crippen molar-refractivity contribution in [3.8, 4) is 0 Å². The van der Waals surface area contributed by atoms with E-state index in [-0.39, 0.29) is 65.4 Å². The molecule has 0 saturated heterocycles. The van der Waals surface area contributed by atoms with Gasteiger partial charge in [-0.25, -0.2) is 9.03 Å². The summed E-state index contributed by atoms with van der Waals surface area (Å²) in [5, 5.41) is 11.6. The van der Waals surface area contributed by atoms with Crippen molar-refractivity contribution in [2.24, 2.45) is 10.8 Å². The van der Waals surface area contributed by atoms with Crippen molar-refractivity contribution < 1.29 is 65.4 Å². The van der Waals surface area contributed by atoms with Crippen LogP contribution in [0.5, 0.6) is 0 Å². The quantitative estimate of drug-likeness (QED) is 0.267. The Morgan fingerprint density at radius 2 is 1.46 bits per heavy atom. The van der Waals surface area contributed by atoms with Crippen molar-refractivity contribution in [2.75, 3.05) is 0 Å². The minimum atomic E-state index is 0. The van der Waals surface area contributed by atoms with Gasteiger partial charge in [0.2, 0.25) is 0 Å². The molecule has 2 radical (unpaired) electrons. The Bertz CT molecular complexity index is 1000. The van der Waals surface area contributed by atoms with E-state index in [0.717, 1.165) is 22.2 Å². The number of nitrogens with zero attached hydrogens (tertiary/aromatic N) is 7. The predicted molar refractivity (Wildman–Crippen MR) is 91.1 cm³/mol. The summed E-state index contributed by atoms with van der Waals surface area (Å²) >= 11 is 0. The second-order valence-corrected chi connectivity index (χ2v) is 5.06. The van der Waals surface area contributed by atoms with Gasteiger partial charge in [-0.05, 0) is 53.1 Å². The van der Waals surface area contributed by atoms with E-state index in [1.807, 2.05) is 53.3 Å². The Morgan fingerprint density at radius 3 is 2.00 bits per heavy atom. The minimum Gasteiger partial charge on any atom is -0.326 e. The average molecular weight is 498 g/mol. The molecule has 8 nitrogen and oxygen atoms in total. The van der Waals surface area contributed by atoms with Gasteiger partial charge in [0.1, 0.15) is 0 Å². The fourth-order valence-corrected chi connectivity index (χ4v) is 2.27. The zero-order valence-corrected chi connectivity index (χ0v) is 19.7. The molecule has 0 unspecified atom stereocenters. The molecule has 0 aliphatic rings. The third-order valence-corrected chi connectivity index (χ3v) is 3.48. The van der Waals surface area contributed by atoms with E-state index in [9.17, 15) is 0 Å². The van der Waals surface area contributed by atoms with Crippen molar-refractivity contribution in [3.05, 3.63) is 82.8 Å². The van der Waals surface area contributed by atoms with Crippen LogP contribution in [0.2, 0.25) is 0 Å². The van der Waals surface area contributed by atoms with Gasteiger partial charge in [-0.3, -0.25) is 0 Å². The molecule has 0 aromatic carbocycles. The van der Waals surface area contributed by atoms with E-state index in [1.165, 1.54) is 0 Å². The van der Waals surface area contributed by atoms with Crippen LogP contribution in [0.25, 0.3) is 21.5 Å². The molecular weight excluding hydrogens is 482 g/mol. The van der Waals surface area contributed by atoms with E-state index >= 15 is 0 Å². The normalized spacial score (nSPS) is 9.42. The fraction of sp³-hybridized carbons (Fsp3) is 0.125. The summed E-state index contributed by atoms with van der Waals surface area (Å²) in [5.41, 5.74) is 17.8. The van der Waals surface area contributed by atoms with Crippen LogP contribution in [0, 0.1) is 0 Å². The fourth-order valence-electron chi connectivity index (χ4n) is 2.27. The second kappa shape index (κ2) is 11.5. The number of pyridine rings is 2. The summed E-state index contributed by atoms with van der Waals surface area (Å²) in [6, 6.07) is 11.7. The van der Waals surface area contributed by atoms with Crippen molar-refractivity contribution in [1.29, 1.82) is 0 Å². The molecule has 0 spiro atoms.